The van der Waals surface area contributed by atoms with Crippen molar-refractivity contribution in [1.82, 2.24) is 5.32 Å². The lowest BCUT2D eigenvalue weighted by molar-refractivity contribution is 0.470. The zero-order valence-corrected chi connectivity index (χ0v) is 10.8. The first-order valence-corrected chi connectivity index (χ1v) is 6.46. The van der Waals surface area contributed by atoms with Crippen LogP contribution in [0.1, 0.15) is 28.3 Å². The molecule has 2 aromatic carbocycles. The number of phenolic OH excluding ortho intramolecular Hbond substituents is 1. The lowest BCUT2D eigenvalue weighted by Crippen LogP contribution is -2.30. The van der Waals surface area contributed by atoms with Gasteiger partial charge in [0.25, 0.3) is 0 Å². The monoisotopic (exact) mass is 257 g/mol. The van der Waals surface area contributed by atoms with Crippen LogP contribution in [-0.4, -0.2) is 11.7 Å². The maximum absolute atomic E-state index is 13.6. The van der Waals surface area contributed by atoms with E-state index in [-0.39, 0.29) is 17.6 Å². The molecule has 0 aliphatic carbocycles. The Hall–Kier alpha value is -1.87. The fraction of sp³-hybridized carbons (Fsp3) is 0.250. The number of hydrogen-bond donors (Lipinski definition) is 2. The van der Waals surface area contributed by atoms with Crippen molar-refractivity contribution in [3.63, 3.8) is 0 Å². The first-order valence-electron chi connectivity index (χ1n) is 6.46. The zero-order valence-electron chi connectivity index (χ0n) is 10.8. The summed E-state index contributed by atoms with van der Waals surface area (Å²) in [5.74, 6) is 0.0321. The summed E-state index contributed by atoms with van der Waals surface area (Å²) in [6.45, 7) is 2.75. The Morgan fingerprint density at radius 3 is 2.84 bits per heavy atom. The minimum absolute atomic E-state index is 0.0507. The molecular formula is C16H16FNO. The summed E-state index contributed by atoms with van der Waals surface area (Å²) >= 11 is 0. The summed E-state index contributed by atoms with van der Waals surface area (Å²) in [5.41, 5.74) is 4.06. The van der Waals surface area contributed by atoms with Crippen LogP contribution < -0.4 is 5.32 Å². The molecule has 0 saturated carbocycles. The van der Waals surface area contributed by atoms with Crippen molar-refractivity contribution in [1.29, 1.82) is 0 Å². The molecule has 19 heavy (non-hydrogen) atoms. The van der Waals surface area contributed by atoms with Crippen LogP contribution in [0.25, 0.3) is 0 Å². The molecule has 98 valence electrons. The van der Waals surface area contributed by atoms with Crippen LogP contribution in [0.15, 0.2) is 36.4 Å². The number of hydrogen-bond acceptors (Lipinski definition) is 2. The van der Waals surface area contributed by atoms with E-state index in [1.54, 1.807) is 18.2 Å². The Labute approximate surface area is 111 Å². The number of aromatic hydroxyl groups is 1. The molecular weight excluding hydrogens is 241 g/mol. The van der Waals surface area contributed by atoms with E-state index in [1.165, 1.54) is 11.6 Å². The highest BCUT2D eigenvalue weighted by atomic mass is 19.1. The smallest absolute Gasteiger partial charge is 0.123 e. The van der Waals surface area contributed by atoms with E-state index in [9.17, 15) is 9.50 Å². The summed E-state index contributed by atoms with van der Waals surface area (Å²) < 4.78 is 13.6. The lowest BCUT2D eigenvalue weighted by atomic mass is 9.89. The maximum Gasteiger partial charge on any atom is 0.123 e. The highest BCUT2D eigenvalue weighted by molar-refractivity contribution is 5.44. The van der Waals surface area contributed by atoms with Crippen molar-refractivity contribution in [2.24, 2.45) is 0 Å². The largest absolute Gasteiger partial charge is 0.508 e. The number of aryl methyl sites for hydroxylation is 1. The Balaban J connectivity index is 2.10. The van der Waals surface area contributed by atoms with E-state index in [0.717, 1.165) is 29.7 Å². The topological polar surface area (TPSA) is 32.3 Å². The van der Waals surface area contributed by atoms with Crippen LogP contribution in [0, 0.1) is 12.7 Å². The van der Waals surface area contributed by atoms with Gasteiger partial charge in [-0.05, 0) is 59.9 Å². The molecule has 3 heteroatoms. The molecule has 2 nitrogen and oxygen atoms in total. The minimum Gasteiger partial charge on any atom is -0.508 e. The highest BCUT2D eigenvalue weighted by Gasteiger charge is 2.22. The molecule has 0 saturated heterocycles. The van der Waals surface area contributed by atoms with Gasteiger partial charge in [-0.2, -0.15) is 0 Å². The third-order valence-electron chi connectivity index (χ3n) is 3.58. The van der Waals surface area contributed by atoms with E-state index in [2.05, 4.69) is 5.32 Å². The second-order valence-electron chi connectivity index (χ2n) is 5.08. The van der Waals surface area contributed by atoms with Gasteiger partial charge < -0.3 is 10.4 Å². The molecule has 1 atom stereocenters. The normalized spacial score (nSPS) is 18.1. The van der Waals surface area contributed by atoms with Gasteiger partial charge in [0.1, 0.15) is 11.6 Å². The Morgan fingerprint density at radius 1 is 1.21 bits per heavy atom. The Kier molecular flexibility index (Phi) is 2.99. The molecule has 2 aromatic rings. The van der Waals surface area contributed by atoms with Crippen LogP contribution in [0.4, 0.5) is 4.39 Å². The van der Waals surface area contributed by atoms with Crippen molar-refractivity contribution in [2.75, 3.05) is 6.54 Å². The van der Waals surface area contributed by atoms with Gasteiger partial charge in [-0.1, -0.05) is 12.1 Å². The van der Waals surface area contributed by atoms with Crippen molar-refractivity contribution >= 4 is 0 Å². The predicted octanol–water partition coefficient (Wildman–Crippen LogP) is 3.07. The summed E-state index contributed by atoms with van der Waals surface area (Å²) in [6.07, 6.45) is 0.931. The standard InChI is InChI=1S/C16H16FNO/c1-10-6-12(8-13(17)7-10)16-15-9-14(19)3-2-11(15)4-5-18-16/h2-3,6-9,16,18-19H,4-5H2,1H3. The zero-order chi connectivity index (χ0) is 13.4. The maximum atomic E-state index is 13.6. The fourth-order valence-corrected chi connectivity index (χ4v) is 2.77. The van der Waals surface area contributed by atoms with Crippen molar-refractivity contribution in [3.05, 3.63) is 64.5 Å². The molecule has 1 aliphatic rings. The van der Waals surface area contributed by atoms with Gasteiger partial charge in [-0.25, -0.2) is 4.39 Å². The number of nitrogens with one attached hydrogen (secondary N) is 1. The number of halogens is 1. The molecule has 1 unspecified atom stereocenters. The van der Waals surface area contributed by atoms with Crippen LogP contribution >= 0.6 is 0 Å². The molecule has 1 heterocycles. The van der Waals surface area contributed by atoms with Gasteiger partial charge in [0.2, 0.25) is 0 Å². The Morgan fingerprint density at radius 2 is 2.05 bits per heavy atom. The van der Waals surface area contributed by atoms with Crippen LogP contribution in [0.3, 0.4) is 0 Å². The number of rotatable bonds is 1. The molecule has 3 rings (SSSR count). The van der Waals surface area contributed by atoms with E-state index in [0.29, 0.717) is 0 Å². The van der Waals surface area contributed by atoms with Crippen molar-refractivity contribution in [3.8, 4) is 5.75 Å². The molecule has 0 amide bonds. The summed E-state index contributed by atoms with van der Waals surface area (Å²) in [4.78, 5) is 0. The predicted molar refractivity (Wildman–Crippen MR) is 72.8 cm³/mol. The number of phenols is 1. The van der Waals surface area contributed by atoms with Crippen LogP contribution in [0.2, 0.25) is 0 Å². The molecule has 1 aliphatic heterocycles. The lowest BCUT2D eigenvalue weighted by Gasteiger charge is -2.27. The number of benzene rings is 2. The summed E-state index contributed by atoms with van der Waals surface area (Å²) in [7, 11) is 0. The van der Waals surface area contributed by atoms with Gasteiger partial charge in [-0.3, -0.25) is 0 Å². The van der Waals surface area contributed by atoms with E-state index in [1.807, 2.05) is 19.1 Å². The molecule has 0 aromatic heterocycles. The van der Waals surface area contributed by atoms with Crippen LogP contribution in [0.5, 0.6) is 5.75 Å². The second-order valence-corrected chi connectivity index (χ2v) is 5.08. The SMILES string of the molecule is Cc1cc(F)cc(C2NCCc3ccc(O)cc32)c1. The molecule has 2 N–H and O–H groups in total. The first-order chi connectivity index (χ1) is 9.13. The minimum atomic E-state index is -0.218. The third kappa shape index (κ3) is 2.34. The van der Waals surface area contributed by atoms with Gasteiger partial charge in [-0.15, -0.1) is 0 Å². The average molecular weight is 257 g/mol. The van der Waals surface area contributed by atoms with Crippen LogP contribution in [-0.2, 0) is 6.42 Å². The molecule has 0 fully saturated rings. The highest BCUT2D eigenvalue weighted by Crippen LogP contribution is 2.31. The molecule has 0 radical (unpaired) electrons. The van der Waals surface area contributed by atoms with E-state index < -0.39 is 0 Å². The fourth-order valence-electron chi connectivity index (χ4n) is 2.77. The van der Waals surface area contributed by atoms with E-state index in [4.69, 9.17) is 0 Å². The van der Waals surface area contributed by atoms with Gasteiger partial charge in [0.05, 0.1) is 6.04 Å². The van der Waals surface area contributed by atoms with Crippen molar-refractivity contribution < 1.29 is 9.50 Å². The van der Waals surface area contributed by atoms with Gasteiger partial charge >= 0.3 is 0 Å². The molecule has 0 bridgehead atoms. The van der Waals surface area contributed by atoms with Crippen molar-refractivity contribution in [2.45, 2.75) is 19.4 Å². The van der Waals surface area contributed by atoms with Gasteiger partial charge in [0, 0.05) is 6.54 Å². The number of fused-ring (bicyclic) bond motifs is 1. The third-order valence-corrected chi connectivity index (χ3v) is 3.58. The summed E-state index contributed by atoms with van der Waals surface area (Å²) in [5, 5.41) is 13.1. The molecule has 0 spiro atoms. The quantitative estimate of drug-likeness (QED) is 0.823. The Bertz CT molecular complexity index is 604. The second kappa shape index (κ2) is 4.67. The first kappa shape index (κ1) is 12.2. The van der Waals surface area contributed by atoms with Gasteiger partial charge in [0.15, 0.2) is 0 Å². The average Bonchev–Trinajstić information content (AvgIpc) is 2.36. The van der Waals surface area contributed by atoms with E-state index >= 15 is 0 Å². The summed E-state index contributed by atoms with van der Waals surface area (Å²) in [6, 6.07) is 10.4.